The Morgan fingerprint density at radius 2 is 2.00 bits per heavy atom. The molecule has 0 saturated carbocycles. The Kier molecular flexibility index (Phi) is 6.56. The van der Waals surface area contributed by atoms with E-state index in [9.17, 15) is 4.79 Å². The first kappa shape index (κ1) is 19.4. The molecule has 0 amide bonds. The molecule has 0 saturated heterocycles. The molecule has 0 aliphatic carbocycles. The van der Waals surface area contributed by atoms with Gasteiger partial charge in [-0.3, -0.25) is 4.79 Å². The van der Waals surface area contributed by atoms with Crippen molar-refractivity contribution in [3.8, 4) is 0 Å². The third kappa shape index (κ3) is 5.03. The van der Waals surface area contributed by atoms with E-state index < -0.39 is 0 Å². The predicted molar refractivity (Wildman–Crippen MR) is 108 cm³/mol. The summed E-state index contributed by atoms with van der Waals surface area (Å²) in [4.78, 5) is 19.0. The maximum Gasteiger partial charge on any atom is 0.253 e. The highest BCUT2D eigenvalue weighted by molar-refractivity contribution is 7.80. The molecule has 3 N–H and O–H groups in total. The largest absolute Gasteiger partial charge is 0.363 e. The zero-order chi connectivity index (χ0) is 18.6. The standard InChI is InChI=1S/C19H28N4OS/c1-6-20-19(25)23(8-7-22(4)5)12-15-11-16-14(3)9-13(2)10-17(16)21-18(15)24/h9-11H,6-8,12H2,1-5H3,(H,20,25)(H,21,24)/p+1. The molecule has 1 aromatic heterocycles. The van der Waals surface area contributed by atoms with E-state index in [0.29, 0.717) is 11.7 Å². The monoisotopic (exact) mass is 361 g/mol. The van der Waals surface area contributed by atoms with Crippen molar-refractivity contribution >= 4 is 28.2 Å². The quantitative estimate of drug-likeness (QED) is 0.672. The molecule has 0 unspecified atom stereocenters. The fraction of sp³-hybridized carbons (Fsp3) is 0.474. The molecular weight excluding hydrogens is 332 g/mol. The number of benzene rings is 1. The van der Waals surface area contributed by atoms with Gasteiger partial charge in [0.2, 0.25) is 0 Å². The number of rotatable bonds is 6. The Hall–Kier alpha value is -1.92. The van der Waals surface area contributed by atoms with Gasteiger partial charge in [0.1, 0.15) is 0 Å². The molecule has 0 radical (unpaired) electrons. The van der Waals surface area contributed by atoms with Gasteiger partial charge < -0.3 is 20.1 Å². The number of fused-ring (bicyclic) bond motifs is 1. The van der Waals surface area contributed by atoms with E-state index in [-0.39, 0.29) is 5.56 Å². The number of aromatic nitrogens is 1. The molecular formula is C19H29N4OS+. The summed E-state index contributed by atoms with van der Waals surface area (Å²) in [6.45, 7) is 9.19. The van der Waals surface area contributed by atoms with Crippen LogP contribution in [0.5, 0.6) is 0 Å². The van der Waals surface area contributed by atoms with Gasteiger partial charge in [-0.25, -0.2) is 0 Å². The average Bonchev–Trinajstić information content (AvgIpc) is 2.52. The SMILES string of the molecule is CCNC(=S)N(CC[NH+](C)C)Cc1cc2c(C)cc(C)cc2[nH]c1=O. The lowest BCUT2D eigenvalue weighted by Gasteiger charge is -2.26. The summed E-state index contributed by atoms with van der Waals surface area (Å²) in [5, 5.41) is 4.99. The second-order valence-corrected chi connectivity index (χ2v) is 7.27. The lowest BCUT2D eigenvalue weighted by molar-refractivity contribution is -0.857. The minimum Gasteiger partial charge on any atom is -0.363 e. The zero-order valence-corrected chi connectivity index (χ0v) is 16.6. The first-order valence-electron chi connectivity index (χ1n) is 8.76. The van der Waals surface area contributed by atoms with E-state index in [4.69, 9.17) is 12.2 Å². The van der Waals surface area contributed by atoms with Crippen LogP contribution in [0.25, 0.3) is 10.9 Å². The summed E-state index contributed by atoms with van der Waals surface area (Å²) >= 11 is 5.50. The minimum atomic E-state index is -0.0426. The van der Waals surface area contributed by atoms with E-state index in [1.54, 1.807) is 0 Å². The summed E-state index contributed by atoms with van der Waals surface area (Å²) in [5.41, 5.74) is 3.92. The van der Waals surface area contributed by atoms with Crippen LogP contribution in [-0.2, 0) is 6.54 Å². The number of hydrogen-bond donors (Lipinski definition) is 3. The summed E-state index contributed by atoms with van der Waals surface area (Å²) < 4.78 is 0. The summed E-state index contributed by atoms with van der Waals surface area (Å²) in [7, 11) is 4.23. The fourth-order valence-electron chi connectivity index (χ4n) is 2.91. The summed E-state index contributed by atoms with van der Waals surface area (Å²) in [6.07, 6.45) is 0. The normalized spacial score (nSPS) is 11.1. The molecule has 1 aromatic carbocycles. The molecule has 2 rings (SSSR count). The number of H-pyrrole nitrogens is 1. The highest BCUT2D eigenvalue weighted by atomic mass is 32.1. The fourth-order valence-corrected chi connectivity index (χ4v) is 3.21. The average molecular weight is 362 g/mol. The maximum absolute atomic E-state index is 12.6. The van der Waals surface area contributed by atoms with Crippen LogP contribution >= 0.6 is 12.2 Å². The van der Waals surface area contributed by atoms with Crippen LogP contribution in [-0.4, -0.2) is 48.7 Å². The van der Waals surface area contributed by atoms with Gasteiger partial charge in [-0.05, 0) is 56.2 Å². The topological polar surface area (TPSA) is 52.6 Å². The molecule has 0 fully saturated rings. The van der Waals surface area contributed by atoms with Crippen molar-refractivity contribution in [3.05, 3.63) is 45.2 Å². The van der Waals surface area contributed by atoms with Crippen molar-refractivity contribution in [2.75, 3.05) is 33.7 Å². The van der Waals surface area contributed by atoms with Crippen LogP contribution in [0.3, 0.4) is 0 Å². The summed E-state index contributed by atoms with van der Waals surface area (Å²) in [6, 6.07) is 6.16. The van der Waals surface area contributed by atoms with Gasteiger partial charge >= 0.3 is 0 Å². The van der Waals surface area contributed by atoms with Crippen molar-refractivity contribution in [1.82, 2.24) is 15.2 Å². The van der Waals surface area contributed by atoms with E-state index >= 15 is 0 Å². The molecule has 0 aliphatic heterocycles. The number of likely N-dealkylation sites (N-methyl/N-ethyl adjacent to an activating group) is 1. The predicted octanol–water partition coefficient (Wildman–Crippen LogP) is 0.986. The zero-order valence-electron chi connectivity index (χ0n) is 15.8. The molecule has 0 bridgehead atoms. The van der Waals surface area contributed by atoms with Gasteiger partial charge in [0.25, 0.3) is 5.56 Å². The molecule has 5 nitrogen and oxygen atoms in total. The van der Waals surface area contributed by atoms with E-state index in [0.717, 1.165) is 41.7 Å². The molecule has 0 atom stereocenters. The van der Waals surface area contributed by atoms with Gasteiger partial charge in [-0.1, -0.05) is 6.07 Å². The number of quaternary nitrogens is 1. The Bertz CT molecular complexity index is 813. The Labute approximate surface area is 155 Å². The highest BCUT2D eigenvalue weighted by Gasteiger charge is 2.14. The van der Waals surface area contributed by atoms with Crippen molar-refractivity contribution in [3.63, 3.8) is 0 Å². The molecule has 1 heterocycles. The second kappa shape index (κ2) is 8.45. The number of hydrogen-bond acceptors (Lipinski definition) is 2. The molecule has 25 heavy (non-hydrogen) atoms. The Balaban J connectivity index is 2.35. The number of aromatic amines is 1. The number of aryl methyl sites for hydroxylation is 2. The van der Waals surface area contributed by atoms with Gasteiger partial charge in [0.15, 0.2) is 5.11 Å². The van der Waals surface area contributed by atoms with Crippen LogP contribution in [0.1, 0.15) is 23.6 Å². The molecule has 2 aromatic rings. The number of nitrogens with zero attached hydrogens (tertiary/aromatic N) is 1. The van der Waals surface area contributed by atoms with Crippen LogP contribution in [0.4, 0.5) is 0 Å². The molecule has 136 valence electrons. The van der Waals surface area contributed by atoms with Crippen LogP contribution < -0.4 is 15.8 Å². The number of nitrogens with one attached hydrogen (secondary N) is 3. The van der Waals surface area contributed by atoms with Gasteiger partial charge in [0, 0.05) is 23.0 Å². The van der Waals surface area contributed by atoms with Crippen LogP contribution in [0.15, 0.2) is 23.0 Å². The minimum absolute atomic E-state index is 0.0426. The van der Waals surface area contributed by atoms with Gasteiger partial charge in [-0.15, -0.1) is 0 Å². The highest BCUT2D eigenvalue weighted by Crippen LogP contribution is 2.19. The third-order valence-corrected chi connectivity index (χ3v) is 4.65. The number of pyridine rings is 1. The number of thiocarbonyl (C=S) groups is 1. The van der Waals surface area contributed by atoms with Crippen LogP contribution in [0, 0.1) is 13.8 Å². The smallest absolute Gasteiger partial charge is 0.253 e. The lowest BCUT2D eigenvalue weighted by atomic mass is 10.0. The lowest BCUT2D eigenvalue weighted by Crippen LogP contribution is -3.06. The van der Waals surface area contributed by atoms with Gasteiger partial charge in [0.05, 0.1) is 33.7 Å². The van der Waals surface area contributed by atoms with Crippen molar-refractivity contribution in [2.45, 2.75) is 27.3 Å². The maximum atomic E-state index is 12.6. The van der Waals surface area contributed by atoms with Crippen molar-refractivity contribution < 1.29 is 4.90 Å². The van der Waals surface area contributed by atoms with Crippen molar-refractivity contribution in [1.29, 1.82) is 0 Å². The van der Waals surface area contributed by atoms with Crippen molar-refractivity contribution in [2.24, 2.45) is 0 Å². The first-order valence-corrected chi connectivity index (χ1v) is 9.17. The van der Waals surface area contributed by atoms with Gasteiger partial charge in [-0.2, -0.15) is 0 Å². The first-order chi connectivity index (χ1) is 11.8. The molecule has 6 heteroatoms. The van der Waals surface area contributed by atoms with E-state index in [1.165, 1.54) is 10.5 Å². The summed E-state index contributed by atoms with van der Waals surface area (Å²) in [5.74, 6) is 0. The molecule has 0 aliphatic rings. The molecule has 0 spiro atoms. The van der Waals surface area contributed by atoms with E-state index in [2.05, 4.69) is 42.3 Å². The second-order valence-electron chi connectivity index (χ2n) is 6.88. The Morgan fingerprint density at radius 1 is 1.28 bits per heavy atom. The Morgan fingerprint density at radius 3 is 2.64 bits per heavy atom. The third-order valence-electron chi connectivity index (χ3n) is 4.25. The van der Waals surface area contributed by atoms with E-state index in [1.807, 2.05) is 26.0 Å². The van der Waals surface area contributed by atoms with Crippen LogP contribution in [0.2, 0.25) is 0 Å².